The molecular formula is C27H38FN5. The first-order valence-corrected chi connectivity index (χ1v) is 11.5. The van der Waals surface area contributed by atoms with Crippen LogP contribution in [-0.2, 0) is 0 Å². The first kappa shape index (κ1) is 26.5. The zero-order valence-electron chi connectivity index (χ0n) is 20.7. The number of hydrogen-bond donors (Lipinski definition) is 2. The van der Waals surface area contributed by atoms with E-state index in [1.54, 1.807) is 6.07 Å². The van der Waals surface area contributed by atoms with E-state index in [2.05, 4.69) is 46.4 Å². The summed E-state index contributed by atoms with van der Waals surface area (Å²) in [4.78, 5) is 4.38. The molecule has 6 heteroatoms. The summed E-state index contributed by atoms with van der Waals surface area (Å²) < 4.78 is 14.3. The Labute approximate surface area is 198 Å². The Balaban J connectivity index is 2.25. The number of allylic oxidation sites excluding steroid dienone is 1. The molecule has 178 valence electrons. The van der Waals surface area contributed by atoms with Crippen molar-refractivity contribution >= 4 is 16.8 Å². The van der Waals surface area contributed by atoms with Crippen LogP contribution in [0.2, 0.25) is 0 Å². The lowest BCUT2D eigenvalue weighted by Gasteiger charge is -2.22. The fourth-order valence-corrected chi connectivity index (χ4v) is 3.80. The molecule has 0 amide bonds. The maximum Gasteiger partial charge on any atom is 0.141 e. The van der Waals surface area contributed by atoms with E-state index in [-0.39, 0.29) is 11.6 Å². The molecular weight excluding hydrogens is 413 g/mol. The molecule has 1 unspecified atom stereocenters. The minimum Gasteiger partial charge on any atom is -0.378 e. The summed E-state index contributed by atoms with van der Waals surface area (Å²) in [6.45, 7) is 4.77. The van der Waals surface area contributed by atoms with Crippen LogP contribution in [0.1, 0.15) is 42.9 Å². The molecule has 5 nitrogen and oxygen atoms in total. The van der Waals surface area contributed by atoms with Crippen molar-refractivity contribution in [1.82, 2.24) is 10.2 Å². The van der Waals surface area contributed by atoms with E-state index in [1.165, 1.54) is 11.6 Å². The van der Waals surface area contributed by atoms with Gasteiger partial charge in [-0.3, -0.25) is 0 Å². The maximum atomic E-state index is 14.3. The second kappa shape index (κ2) is 13.1. The number of benzene rings is 2. The van der Waals surface area contributed by atoms with Crippen LogP contribution in [0.25, 0.3) is 11.1 Å². The van der Waals surface area contributed by atoms with Crippen molar-refractivity contribution < 1.29 is 4.39 Å². The SMILES string of the molecule is CNCCC(N)CCN(C)CC/C(=C(\C)c1ccc(C#N)c(F)c1)c1ccc(N(C)C)cc1. The van der Waals surface area contributed by atoms with Crippen molar-refractivity contribution in [3.8, 4) is 6.07 Å². The Hall–Kier alpha value is -2.72. The first-order chi connectivity index (χ1) is 15.8. The van der Waals surface area contributed by atoms with Gasteiger partial charge >= 0.3 is 0 Å². The highest BCUT2D eigenvalue weighted by atomic mass is 19.1. The molecule has 2 aromatic rings. The second-order valence-corrected chi connectivity index (χ2v) is 8.85. The van der Waals surface area contributed by atoms with Crippen LogP contribution in [0.15, 0.2) is 42.5 Å². The number of rotatable bonds is 12. The van der Waals surface area contributed by atoms with Gasteiger partial charge in [0.1, 0.15) is 11.9 Å². The van der Waals surface area contributed by atoms with Crippen molar-refractivity contribution in [2.45, 2.75) is 32.2 Å². The molecule has 1 atom stereocenters. The molecule has 33 heavy (non-hydrogen) atoms. The summed E-state index contributed by atoms with van der Waals surface area (Å²) in [5.74, 6) is -0.482. The van der Waals surface area contributed by atoms with Crippen LogP contribution in [0, 0.1) is 17.1 Å². The molecule has 0 radical (unpaired) electrons. The van der Waals surface area contributed by atoms with E-state index in [1.807, 2.05) is 40.2 Å². The van der Waals surface area contributed by atoms with Crippen molar-refractivity contribution in [2.75, 3.05) is 52.7 Å². The average Bonchev–Trinajstić information content (AvgIpc) is 2.81. The van der Waals surface area contributed by atoms with Gasteiger partial charge in [-0.05, 0) is 99.9 Å². The molecule has 0 bridgehead atoms. The number of nitrogens with two attached hydrogens (primary N) is 1. The largest absolute Gasteiger partial charge is 0.378 e. The molecule has 0 saturated heterocycles. The van der Waals surface area contributed by atoms with Gasteiger partial charge in [-0.2, -0.15) is 5.26 Å². The summed E-state index contributed by atoms with van der Waals surface area (Å²) in [6, 6.07) is 15.4. The third kappa shape index (κ3) is 7.97. The van der Waals surface area contributed by atoms with E-state index in [4.69, 9.17) is 11.0 Å². The number of nitrogens with one attached hydrogen (secondary N) is 1. The Kier molecular flexibility index (Phi) is 10.5. The lowest BCUT2D eigenvalue weighted by Crippen LogP contribution is -2.31. The highest BCUT2D eigenvalue weighted by Crippen LogP contribution is 2.31. The van der Waals surface area contributed by atoms with E-state index in [0.717, 1.165) is 61.3 Å². The highest BCUT2D eigenvalue weighted by molar-refractivity contribution is 5.90. The molecule has 0 heterocycles. The standard InChI is InChI=1S/C27H38FN5/c1-20(22-6-7-23(19-29)27(28)18-22)26(21-8-10-25(11-9-21)32(3)4)14-17-33(5)16-13-24(30)12-15-31-2/h6-11,18,24,31H,12-17,30H2,1-5H3/b26-20-. The molecule has 3 N–H and O–H groups in total. The van der Waals surface area contributed by atoms with Crippen LogP contribution in [0.4, 0.5) is 10.1 Å². The quantitative estimate of drug-likeness (QED) is 0.470. The van der Waals surface area contributed by atoms with Gasteiger partial charge in [-0.1, -0.05) is 18.2 Å². The van der Waals surface area contributed by atoms with Gasteiger partial charge in [0.25, 0.3) is 0 Å². The molecule has 0 aliphatic carbocycles. The van der Waals surface area contributed by atoms with Crippen molar-refractivity contribution in [1.29, 1.82) is 5.26 Å². The zero-order valence-corrected chi connectivity index (χ0v) is 20.7. The Morgan fingerprint density at radius 3 is 2.30 bits per heavy atom. The predicted molar refractivity (Wildman–Crippen MR) is 138 cm³/mol. The molecule has 0 aliphatic heterocycles. The molecule has 2 aromatic carbocycles. The van der Waals surface area contributed by atoms with Crippen molar-refractivity contribution in [2.24, 2.45) is 5.73 Å². The molecule has 0 aromatic heterocycles. The Bertz CT molecular complexity index is 959. The van der Waals surface area contributed by atoms with Crippen LogP contribution >= 0.6 is 0 Å². The summed E-state index contributed by atoms with van der Waals surface area (Å²) in [6.07, 6.45) is 2.75. The van der Waals surface area contributed by atoms with Crippen LogP contribution in [-0.4, -0.2) is 58.8 Å². The average molecular weight is 452 g/mol. The monoisotopic (exact) mass is 451 g/mol. The minimum absolute atomic E-state index is 0.0674. The van der Waals surface area contributed by atoms with Gasteiger partial charge in [0.15, 0.2) is 0 Å². The maximum absolute atomic E-state index is 14.3. The lowest BCUT2D eigenvalue weighted by molar-refractivity contribution is 0.321. The third-order valence-corrected chi connectivity index (χ3v) is 6.10. The molecule has 0 aliphatic rings. The van der Waals surface area contributed by atoms with E-state index in [0.29, 0.717) is 0 Å². The van der Waals surface area contributed by atoms with E-state index >= 15 is 0 Å². The fourth-order valence-electron chi connectivity index (χ4n) is 3.80. The van der Waals surface area contributed by atoms with Crippen molar-refractivity contribution in [3.05, 3.63) is 65.0 Å². The minimum atomic E-state index is -0.482. The molecule has 0 fully saturated rings. The summed E-state index contributed by atoms with van der Waals surface area (Å²) in [7, 11) is 8.10. The lowest BCUT2D eigenvalue weighted by atomic mass is 9.92. The molecule has 0 spiro atoms. The predicted octanol–water partition coefficient (Wildman–Crippen LogP) is 4.34. The van der Waals surface area contributed by atoms with Gasteiger partial charge in [0.2, 0.25) is 0 Å². The number of nitrogens with zero attached hydrogens (tertiary/aromatic N) is 3. The van der Waals surface area contributed by atoms with Gasteiger partial charge in [0, 0.05) is 32.4 Å². The number of nitriles is 1. The highest BCUT2D eigenvalue weighted by Gasteiger charge is 2.13. The van der Waals surface area contributed by atoms with E-state index < -0.39 is 5.82 Å². The van der Waals surface area contributed by atoms with Crippen LogP contribution < -0.4 is 16.0 Å². The van der Waals surface area contributed by atoms with Crippen molar-refractivity contribution in [3.63, 3.8) is 0 Å². The second-order valence-electron chi connectivity index (χ2n) is 8.85. The zero-order chi connectivity index (χ0) is 24.4. The number of anilines is 1. The molecule has 2 rings (SSSR count). The van der Waals surface area contributed by atoms with Gasteiger partial charge in [-0.15, -0.1) is 0 Å². The first-order valence-electron chi connectivity index (χ1n) is 11.5. The van der Waals surface area contributed by atoms with Gasteiger partial charge in [0.05, 0.1) is 5.56 Å². The van der Waals surface area contributed by atoms with Crippen LogP contribution in [0.3, 0.4) is 0 Å². The van der Waals surface area contributed by atoms with E-state index in [9.17, 15) is 4.39 Å². The summed E-state index contributed by atoms with van der Waals surface area (Å²) >= 11 is 0. The third-order valence-electron chi connectivity index (χ3n) is 6.10. The van der Waals surface area contributed by atoms with Gasteiger partial charge < -0.3 is 20.9 Å². The Morgan fingerprint density at radius 2 is 1.73 bits per heavy atom. The summed E-state index contributed by atoms with van der Waals surface area (Å²) in [5.41, 5.74) is 11.5. The molecule has 0 saturated carbocycles. The van der Waals surface area contributed by atoms with Crippen LogP contribution in [0.5, 0.6) is 0 Å². The Morgan fingerprint density at radius 1 is 1.06 bits per heavy atom. The topological polar surface area (TPSA) is 68.3 Å². The fraction of sp³-hybridized carbons (Fsp3) is 0.444. The summed E-state index contributed by atoms with van der Waals surface area (Å²) in [5, 5.41) is 12.2. The number of hydrogen-bond acceptors (Lipinski definition) is 5. The smallest absolute Gasteiger partial charge is 0.141 e. The normalized spacial score (nSPS) is 12.9. The number of halogens is 1. The van der Waals surface area contributed by atoms with Gasteiger partial charge in [-0.25, -0.2) is 4.39 Å².